The van der Waals surface area contributed by atoms with E-state index in [1.165, 1.54) is 25.8 Å². The van der Waals surface area contributed by atoms with E-state index in [9.17, 15) is 4.79 Å². The van der Waals surface area contributed by atoms with E-state index in [1.807, 2.05) is 14.2 Å². The van der Waals surface area contributed by atoms with Crippen LogP contribution in [0.4, 0.5) is 0 Å². The van der Waals surface area contributed by atoms with E-state index in [0.717, 1.165) is 31.2 Å². The molecular formula is C22H33NO3. The van der Waals surface area contributed by atoms with Crippen LogP contribution < -0.4 is 0 Å². The number of carbonyl (C=O) groups excluding carboxylic acids is 1. The minimum absolute atomic E-state index is 0.161. The first kappa shape index (κ1) is 16.5. The molecule has 26 heavy (non-hydrogen) atoms. The SMILES string of the molecule is CCN1C[C@@H]2CCC(OC)C34C5CC6C(=O)C5C(C[C@@H]6OC)C(CC23)C14. The van der Waals surface area contributed by atoms with Gasteiger partial charge in [0.1, 0.15) is 5.78 Å². The lowest BCUT2D eigenvalue weighted by Crippen LogP contribution is -2.70. The molecule has 0 aromatic rings. The first-order valence-electron chi connectivity index (χ1n) is 11.0. The van der Waals surface area contributed by atoms with Crippen molar-refractivity contribution in [1.82, 2.24) is 4.90 Å². The van der Waals surface area contributed by atoms with Crippen LogP contribution in [0.1, 0.15) is 39.0 Å². The molecule has 6 aliphatic rings. The van der Waals surface area contributed by atoms with E-state index >= 15 is 0 Å². The predicted octanol–water partition coefficient (Wildman–Crippen LogP) is 2.61. The summed E-state index contributed by atoms with van der Waals surface area (Å²) in [6.45, 7) is 4.78. The van der Waals surface area contributed by atoms with E-state index in [2.05, 4.69) is 11.8 Å². The number of fused-ring (bicyclic) bond motifs is 2. The number of hydrogen-bond donors (Lipinski definition) is 0. The average Bonchev–Trinajstić information content (AvgIpc) is 3.01. The summed E-state index contributed by atoms with van der Waals surface area (Å²) in [6, 6.07) is 0.646. The van der Waals surface area contributed by atoms with Gasteiger partial charge in [0.15, 0.2) is 0 Å². The van der Waals surface area contributed by atoms with Gasteiger partial charge in [-0.25, -0.2) is 0 Å². The lowest BCUT2D eigenvalue weighted by Gasteiger charge is -2.65. The first-order valence-corrected chi connectivity index (χ1v) is 11.0. The summed E-state index contributed by atoms with van der Waals surface area (Å²) in [5.74, 6) is 4.43. The molecule has 0 N–H and O–H groups in total. The number of hydrogen-bond acceptors (Lipinski definition) is 4. The number of piperidine rings is 1. The molecule has 1 heterocycles. The number of ketones is 1. The predicted molar refractivity (Wildman–Crippen MR) is 97.6 cm³/mol. The third-order valence-corrected chi connectivity index (χ3v) is 10.1. The van der Waals surface area contributed by atoms with Gasteiger partial charge in [-0.2, -0.15) is 0 Å². The lowest BCUT2D eigenvalue weighted by molar-refractivity contribution is -0.208. The van der Waals surface area contributed by atoms with Crippen molar-refractivity contribution in [3.63, 3.8) is 0 Å². The molecule has 6 rings (SSSR count). The monoisotopic (exact) mass is 359 g/mol. The molecule has 4 nitrogen and oxygen atoms in total. The van der Waals surface area contributed by atoms with Gasteiger partial charge in [-0.1, -0.05) is 6.92 Å². The minimum Gasteiger partial charge on any atom is -0.381 e. The van der Waals surface area contributed by atoms with E-state index in [-0.39, 0.29) is 17.4 Å². The van der Waals surface area contributed by atoms with Gasteiger partial charge >= 0.3 is 0 Å². The van der Waals surface area contributed by atoms with Crippen LogP contribution in [-0.2, 0) is 14.3 Å². The molecule has 144 valence electrons. The van der Waals surface area contributed by atoms with E-state index in [0.29, 0.717) is 41.6 Å². The van der Waals surface area contributed by atoms with Gasteiger partial charge in [0, 0.05) is 44.1 Å². The Balaban J connectivity index is 1.55. The Kier molecular flexibility index (Phi) is 3.38. The molecule has 1 spiro atoms. The Morgan fingerprint density at radius 1 is 1.08 bits per heavy atom. The molecule has 4 heteroatoms. The topological polar surface area (TPSA) is 38.8 Å². The Bertz CT molecular complexity index is 637. The zero-order chi connectivity index (χ0) is 17.8. The van der Waals surface area contributed by atoms with Gasteiger partial charge in [0.2, 0.25) is 0 Å². The van der Waals surface area contributed by atoms with Crippen LogP contribution in [0.5, 0.6) is 0 Å². The number of carbonyl (C=O) groups is 1. The van der Waals surface area contributed by atoms with Crippen molar-refractivity contribution in [2.45, 2.75) is 57.3 Å². The molecule has 1 aliphatic heterocycles. The van der Waals surface area contributed by atoms with E-state index in [1.54, 1.807) is 0 Å². The van der Waals surface area contributed by atoms with E-state index < -0.39 is 0 Å². The number of ether oxygens (including phenoxy) is 2. The molecule has 7 bridgehead atoms. The van der Waals surface area contributed by atoms with Gasteiger partial charge in [0.05, 0.1) is 12.2 Å². The van der Waals surface area contributed by atoms with Crippen molar-refractivity contribution in [1.29, 1.82) is 0 Å². The highest BCUT2D eigenvalue weighted by Crippen LogP contribution is 2.75. The van der Waals surface area contributed by atoms with Crippen molar-refractivity contribution < 1.29 is 14.3 Å². The summed E-state index contributed by atoms with van der Waals surface area (Å²) < 4.78 is 12.1. The van der Waals surface area contributed by atoms with Crippen LogP contribution in [0.3, 0.4) is 0 Å². The summed E-state index contributed by atoms with van der Waals surface area (Å²) >= 11 is 0. The van der Waals surface area contributed by atoms with Crippen LogP contribution in [0.2, 0.25) is 0 Å². The minimum atomic E-state index is 0.161. The Morgan fingerprint density at radius 2 is 1.92 bits per heavy atom. The maximum absolute atomic E-state index is 13.4. The number of methoxy groups -OCH3 is 2. The normalized spacial score (nSPS) is 59.7. The first-order chi connectivity index (χ1) is 12.7. The number of rotatable bonds is 3. The summed E-state index contributed by atoms with van der Waals surface area (Å²) in [7, 11) is 3.76. The molecule has 0 aromatic heterocycles. The highest BCUT2D eigenvalue weighted by Gasteiger charge is 2.78. The van der Waals surface area contributed by atoms with Crippen molar-refractivity contribution >= 4 is 5.78 Å². The van der Waals surface area contributed by atoms with Crippen molar-refractivity contribution in [2.75, 3.05) is 27.3 Å². The summed E-state index contributed by atoms with van der Waals surface area (Å²) in [5, 5.41) is 0. The molecule has 0 aromatic carbocycles. The Labute approximate surface area is 157 Å². The fourth-order valence-electron chi connectivity index (χ4n) is 9.70. The summed E-state index contributed by atoms with van der Waals surface area (Å²) in [6.07, 6.45) is 6.59. The van der Waals surface area contributed by atoms with Crippen molar-refractivity contribution in [3.8, 4) is 0 Å². The highest BCUT2D eigenvalue weighted by molar-refractivity contribution is 5.88. The molecule has 9 unspecified atom stereocenters. The molecule has 1 saturated heterocycles. The van der Waals surface area contributed by atoms with Crippen molar-refractivity contribution in [3.05, 3.63) is 0 Å². The van der Waals surface area contributed by atoms with E-state index in [4.69, 9.17) is 9.47 Å². The molecule has 0 amide bonds. The Morgan fingerprint density at radius 3 is 2.65 bits per heavy atom. The molecule has 5 aliphatic carbocycles. The van der Waals surface area contributed by atoms with Gasteiger partial charge in [0.25, 0.3) is 0 Å². The fraction of sp³-hybridized carbons (Fsp3) is 0.955. The van der Waals surface area contributed by atoms with Crippen LogP contribution in [0, 0.1) is 46.8 Å². The standard InChI is InChI=1S/C22H33NO3/c1-4-23-10-11-5-6-18(26-3)22-15(11)7-13(21(22)23)12-9-17(25-2)14-8-16(22)19(12)20(14)24/h11-19,21H,4-10H2,1-3H3/t11-,12?,13?,14?,15?,16?,17-,18?,19?,21?,22?/m0/s1. The van der Waals surface area contributed by atoms with Gasteiger partial charge in [-0.15, -0.1) is 0 Å². The maximum atomic E-state index is 13.4. The van der Waals surface area contributed by atoms with Crippen LogP contribution >= 0.6 is 0 Å². The molecule has 0 radical (unpaired) electrons. The summed E-state index contributed by atoms with van der Waals surface area (Å²) in [5.41, 5.74) is 0.241. The molecular weight excluding hydrogens is 326 g/mol. The maximum Gasteiger partial charge on any atom is 0.142 e. The van der Waals surface area contributed by atoms with Gasteiger partial charge < -0.3 is 9.47 Å². The smallest absolute Gasteiger partial charge is 0.142 e. The Hall–Kier alpha value is -0.450. The van der Waals surface area contributed by atoms with Crippen LogP contribution in [0.25, 0.3) is 0 Å². The zero-order valence-electron chi connectivity index (χ0n) is 16.4. The van der Waals surface area contributed by atoms with Crippen LogP contribution in [-0.4, -0.2) is 56.2 Å². The average molecular weight is 360 g/mol. The van der Waals surface area contributed by atoms with Gasteiger partial charge in [-0.3, -0.25) is 9.69 Å². The second-order valence-electron chi connectivity index (χ2n) is 10.2. The second-order valence-corrected chi connectivity index (χ2v) is 10.2. The third-order valence-electron chi connectivity index (χ3n) is 10.1. The molecule has 5 saturated carbocycles. The fourth-order valence-corrected chi connectivity index (χ4v) is 9.70. The zero-order valence-corrected chi connectivity index (χ0v) is 16.4. The molecule has 11 atom stereocenters. The largest absolute Gasteiger partial charge is 0.381 e. The number of nitrogens with zero attached hydrogens (tertiary/aromatic N) is 1. The number of Topliss-reactive ketones (excluding diaryl/α,β-unsaturated/α-hetero) is 1. The van der Waals surface area contributed by atoms with Crippen molar-refractivity contribution in [2.24, 2.45) is 46.8 Å². The van der Waals surface area contributed by atoms with Crippen LogP contribution in [0.15, 0.2) is 0 Å². The third kappa shape index (κ3) is 1.60. The van der Waals surface area contributed by atoms with Gasteiger partial charge in [-0.05, 0) is 68.2 Å². The molecule has 6 fully saturated rings. The second kappa shape index (κ2) is 5.33. The quantitative estimate of drug-likeness (QED) is 0.776. The lowest BCUT2D eigenvalue weighted by atomic mass is 9.47. The summed E-state index contributed by atoms with van der Waals surface area (Å²) in [4.78, 5) is 16.2. The number of likely N-dealkylation sites (tertiary alicyclic amines) is 1. The highest BCUT2D eigenvalue weighted by atomic mass is 16.5.